The molecule has 180 valence electrons. The van der Waals surface area contributed by atoms with Crippen molar-refractivity contribution in [3.8, 4) is 17.2 Å². The van der Waals surface area contributed by atoms with Gasteiger partial charge < -0.3 is 29.7 Å². The smallest absolute Gasteiger partial charge is 0.317 e. The number of carbonyl (C=O) groups excluding carboxylic acids is 2. The minimum Gasteiger partial charge on any atom is -0.490 e. The van der Waals surface area contributed by atoms with Crippen molar-refractivity contribution in [1.29, 1.82) is 0 Å². The van der Waals surface area contributed by atoms with Gasteiger partial charge in [-0.1, -0.05) is 0 Å². The molecule has 0 spiro atoms. The molecule has 0 atom stereocenters. The predicted octanol–water partition coefficient (Wildman–Crippen LogP) is 3.83. The second-order valence-electron chi connectivity index (χ2n) is 8.92. The topological polar surface area (TPSA) is 89.1 Å². The number of hydrogen-bond donors (Lipinski definition) is 2. The van der Waals surface area contributed by atoms with E-state index < -0.39 is 0 Å². The molecule has 0 bridgehead atoms. The summed E-state index contributed by atoms with van der Waals surface area (Å²) >= 11 is 0. The highest BCUT2D eigenvalue weighted by Crippen LogP contribution is 2.39. The summed E-state index contributed by atoms with van der Waals surface area (Å²) < 4.78 is 17.1. The lowest BCUT2D eigenvalue weighted by molar-refractivity contribution is 0.0936. The van der Waals surface area contributed by atoms with Crippen molar-refractivity contribution >= 4 is 11.9 Å². The fourth-order valence-electron chi connectivity index (χ4n) is 3.60. The fourth-order valence-corrected chi connectivity index (χ4v) is 3.60. The van der Waals surface area contributed by atoms with Crippen LogP contribution in [0.25, 0.3) is 0 Å². The Labute approximate surface area is 192 Å². The Kier molecular flexibility index (Phi) is 9.47. The molecule has 1 heterocycles. The summed E-state index contributed by atoms with van der Waals surface area (Å²) in [4.78, 5) is 27.0. The summed E-state index contributed by atoms with van der Waals surface area (Å²) in [6.07, 6.45) is 1.71. The Morgan fingerprint density at radius 1 is 0.969 bits per heavy atom. The molecule has 32 heavy (non-hydrogen) atoms. The Bertz CT molecular complexity index is 740. The molecule has 0 aliphatic carbocycles. The van der Waals surface area contributed by atoms with Gasteiger partial charge >= 0.3 is 6.03 Å². The maximum atomic E-state index is 12.9. The zero-order valence-corrected chi connectivity index (χ0v) is 20.4. The van der Waals surface area contributed by atoms with Gasteiger partial charge in [-0.25, -0.2) is 4.79 Å². The Balaban J connectivity index is 1.97. The predicted molar refractivity (Wildman–Crippen MR) is 125 cm³/mol. The summed E-state index contributed by atoms with van der Waals surface area (Å²) in [5.41, 5.74) is 0.225. The van der Waals surface area contributed by atoms with Gasteiger partial charge in [0.25, 0.3) is 5.91 Å². The van der Waals surface area contributed by atoms with Crippen LogP contribution in [-0.2, 0) is 0 Å². The molecule has 1 saturated heterocycles. The van der Waals surface area contributed by atoms with E-state index in [1.54, 1.807) is 12.1 Å². The van der Waals surface area contributed by atoms with E-state index in [0.717, 1.165) is 12.8 Å². The second kappa shape index (κ2) is 11.8. The number of ether oxygens (including phenoxy) is 3. The molecule has 1 aromatic rings. The van der Waals surface area contributed by atoms with Crippen LogP contribution < -0.4 is 24.8 Å². The maximum absolute atomic E-state index is 12.9. The Morgan fingerprint density at radius 2 is 1.50 bits per heavy atom. The first-order valence-electron chi connectivity index (χ1n) is 11.6. The third kappa shape index (κ3) is 7.50. The molecular formula is C24H39N3O5. The summed E-state index contributed by atoms with van der Waals surface area (Å²) in [6.45, 7) is 14.9. The highest BCUT2D eigenvalue weighted by molar-refractivity contribution is 5.95. The molecule has 2 rings (SSSR count). The van der Waals surface area contributed by atoms with E-state index in [4.69, 9.17) is 14.2 Å². The third-order valence-corrected chi connectivity index (χ3v) is 5.11. The number of rotatable bonds is 9. The summed E-state index contributed by atoms with van der Waals surface area (Å²) in [7, 11) is 0. The van der Waals surface area contributed by atoms with Gasteiger partial charge in [-0.15, -0.1) is 0 Å². The molecule has 0 saturated carbocycles. The molecule has 1 aliphatic rings. The van der Waals surface area contributed by atoms with E-state index >= 15 is 0 Å². The SMILES string of the molecule is CCOc1cc(C(=O)NCC2CCN(C(=O)NC(C)(C)C)CC2)cc(OCC)c1OCC. The molecule has 0 aromatic heterocycles. The average Bonchev–Trinajstić information content (AvgIpc) is 2.73. The number of nitrogens with one attached hydrogen (secondary N) is 2. The van der Waals surface area contributed by atoms with Crippen LogP contribution in [0.2, 0.25) is 0 Å². The van der Waals surface area contributed by atoms with Gasteiger partial charge in [-0.2, -0.15) is 0 Å². The van der Waals surface area contributed by atoms with Crippen LogP contribution in [0.3, 0.4) is 0 Å². The van der Waals surface area contributed by atoms with Gasteiger partial charge in [0.2, 0.25) is 5.75 Å². The van der Waals surface area contributed by atoms with Gasteiger partial charge in [0.15, 0.2) is 11.5 Å². The lowest BCUT2D eigenvalue weighted by Gasteiger charge is -2.34. The van der Waals surface area contributed by atoms with E-state index in [1.165, 1.54) is 0 Å². The van der Waals surface area contributed by atoms with Gasteiger partial charge in [0.1, 0.15) is 0 Å². The number of likely N-dealkylation sites (tertiary alicyclic amines) is 1. The van der Waals surface area contributed by atoms with Crippen molar-refractivity contribution in [1.82, 2.24) is 15.5 Å². The molecule has 2 N–H and O–H groups in total. The number of urea groups is 1. The first-order valence-corrected chi connectivity index (χ1v) is 11.6. The number of benzene rings is 1. The third-order valence-electron chi connectivity index (χ3n) is 5.11. The Hall–Kier alpha value is -2.64. The number of piperidine rings is 1. The van der Waals surface area contributed by atoms with E-state index in [-0.39, 0.29) is 17.5 Å². The van der Waals surface area contributed by atoms with Crippen LogP contribution in [0.4, 0.5) is 4.79 Å². The first-order chi connectivity index (χ1) is 15.2. The van der Waals surface area contributed by atoms with Gasteiger partial charge in [-0.3, -0.25) is 4.79 Å². The highest BCUT2D eigenvalue weighted by Gasteiger charge is 2.26. The van der Waals surface area contributed by atoms with Crippen LogP contribution in [0.5, 0.6) is 17.2 Å². The molecule has 0 unspecified atom stereocenters. The molecule has 0 radical (unpaired) electrons. The van der Waals surface area contributed by atoms with Crippen LogP contribution in [0, 0.1) is 5.92 Å². The van der Waals surface area contributed by atoms with E-state index in [0.29, 0.717) is 68.2 Å². The van der Waals surface area contributed by atoms with E-state index in [2.05, 4.69) is 10.6 Å². The van der Waals surface area contributed by atoms with Gasteiger partial charge in [-0.05, 0) is 72.4 Å². The number of amides is 3. The van der Waals surface area contributed by atoms with Crippen LogP contribution in [0.15, 0.2) is 12.1 Å². The van der Waals surface area contributed by atoms with Crippen molar-refractivity contribution < 1.29 is 23.8 Å². The van der Waals surface area contributed by atoms with Crippen molar-refractivity contribution in [3.63, 3.8) is 0 Å². The summed E-state index contributed by atoms with van der Waals surface area (Å²) in [6, 6.07) is 3.37. The molecule has 8 nitrogen and oxygen atoms in total. The average molecular weight is 450 g/mol. The lowest BCUT2D eigenvalue weighted by Crippen LogP contribution is -2.51. The van der Waals surface area contributed by atoms with Crippen LogP contribution >= 0.6 is 0 Å². The van der Waals surface area contributed by atoms with Crippen LogP contribution in [0.1, 0.15) is 64.7 Å². The summed E-state index contributed by atoms with van der Waals surface area (Å²) in [5, 5.41) is 6.03. The maximum Gasteiger partial charge on any atom is 0.317 e. The number of carbonyl (C=O) groups is 2. The largest absolute Gasteiger partial charge is 0.490 e. The zero-order chi connectivity index (χ0) is 23.7. The quantitative estimate of drug-likeness (QED) is 0.598. The van der Waals surface area contributed by atoms with Crippen LogP contribution in [-0.4, -0.2) is 61.8 Å². The van der Waals surface area contributed by atoms with Crippen molar-refractivity contribution in [2.45, 2.75) is 59.9 Å². The standard InChI is InChI=1S/C24H39N3O5/c1-7-30-19-14-18(15-20(31-8-2)21(19)32-9-3)22(28)25-16-17-10-12-27(13-11-17)23(29)26-24(4,5)6/h14-15,17H,7-13,16H2,1-6H3,(H,25,28)(H,26,29). The fraction of sp³-hybridized carbons (Fsp3) is 0.667. The number of nitrogens with zero attached hydrogens (tertiary/aromatic N) is 1. The normalized spacial score (nSPS) is 14.6. The minimum absolute atomic E-state index is 0.0266. The van der Waals surface area contributed by atoms with E-state index in [9.17, 15) is 9.59 Å². The zero-order valence-electron chi connectivity index (χ0n) is 20.4. The second-order valence-corrected chi connectivity index (χ2v) is 8.92. The first kappa shape index (κ1) is 25.6. The summed E-state index contributed by atoms with van der Waals surface area (Å²) in [5.74, 6) is 1.68. The molecule has 3 amide bonds. The van der Waals surface area contributed by atoms with Gasteiger partial charge in [0.05, 0.1) is 19.8 Å². The minimum atomic E-state index is -0.250. The van der Waals surface area contributed by atoms with Crippen molar-refractivity contribution in [2.75, 3.05) is 39.5 Å². The molecular weight excluding hydrogens is 410 g/mol. The Morgan fingerprint density at radius 3 is 1.97 bits per heavy atom. The molecule has 8 heteroatoms. The lowest BCUT2D eigenvalue weighted by atomic mass is 9.96. The van der Waals surface area contributed by atoms with E-state index in [1.807, 2.05) is 46.4 Å². The van der Waals surface area contributed by atoms with Crippen molar-refractivity contribution in [3.05, 3.63) is 17.7 Å². The van der Waals surface area contributed by atoms with Gasteiger partial charge in [0, 0.05) is 30.7 Å². The number of hydrogen-bond acceptors (Lipinski definition) is 5. The molecule has 1 fully saturated rings. The monoisotopic (exact) mass is 449 g/mol. The highest BCUT2D eigenvalue weighted by atomic mass is 16.5. The molecule has 1 aromatic carbocycles. The van der Waals surface area contributed by atoms with Crippen molar-refractivity contribution in [2.24, 2.45) is 5.92 Å². The molecule has 1 aliphatic heterocycles.